The van der Waals surface area contributed by atoms with Gasteiger partial charge in [-0.3, -0.25) is 0 Å². The van der Waals surface area contributed by atoms with Crippen LogP contribution in [0.1, 0.15) is 30.3 Å². The SMILES string of the molecule is COCc1cc(-c2nc(C3CCNCC3)no2)no1. The van der Waals surface area contributed by atoms with Gasteiger partial charge >= 0.3 is 0 Å². The molecule has 19 heavy (non-hydrogen) atoms. The molecule has 2 aromatic rings. The van der Waals surface area contributed by atoms with Crippen LogP contribution in [-0.2, 0) is 11.3 Å². The van der Waals surface area contributed by atoms with Gasteiger partial charge in [0.15, 0.2) is 17.3 Å². The van der Waals surface area contributed by atoms with Gasteiger partial charge in [-0.1, -0.05) is 10.3 Å². The van der Waals surface area contributed by atoms with E-state index in [-0.39, 0.29) is 0 Å². The van der Waals surface area contributed by atoms with E-state index in [1.165, 1.54) is 0 Å². The number of rotatable bonds is 4. The molecule has 3 rings (SSSR count). The highest BCUT2D eigenvalue weighted by Crippen LogP contribution is 2.25. The number of hydrogen-bond donors (Lipinski definition) is 1. The largest absolute Gasteiger partial charge is 0.377 e. The fourth-order valence-electron chi connectivity index (χ4n) is 2.21. The normalized spacial score (nSPS) is 16.9. The predicted molar refractivity (Wildman–Crippen MR) is 65.4 cm³/mol. The van der Waals surface area contributed by atoms with Crippen molar-refractivity contribution in [1.82, 2.24) is 20.6 Å². The first kappa shape index (κ1) is 12.3. The van der Waals surface area contributed by atoms with Crippen LogP contribution in [0.25, 0.3) is 11.6 Å². The van der Waals surface area contributed by atoms with Crippen LogP contribution < -0.4 is 5.32 Å². The molecule has 3 heterocycles. The Bertz CT molecular complexity index is 531. The second-order valence-corrected chi connectivity index (χ2v) is 4.59. The molecule has 1 aliphatic rings. The molecular weight excluding hydrogens is 248 g/mol. The minimum absolute atomic E-state index is 0.365. The lowest BCUT2D eigenvalue weighted by atomic mass is 9.98. The van der Waals surface area contributed by atoms with E-state index in [0.717, 1.165) is 31.8 Å². The van der Waals surface area contributed by atoms with Gasteiger partial charge in [0.1, 0.15) is 6.61 Å². The van der Waals surface area contributed by atoms with E-state index in [1.54, 1.807) is 13.2 Å². The second-order valence-electron chi connectivity index (χ2n) is 4.59. The molecule has 102 valence electrons. The van der Waals surface area contributed by atoms with Crippen LogP contribution in [0.15, 0.2) is 15.1 Å². The van der Waals surface area contributed by atoms with Crippen molar-refractivity contribution in [2.45, 2.75) is 25.4 Å². The van der Waals surface area contributed by atoms with Crippen molar-refractivity contribution in [2.75, 3.05) is 20.2 Å². The van der Waals surface area contributed by atoms with Crippen molar-refractivity contribution >= 4 is 0 Å². The number of hydrogen-bond acceptors (Lipinski definition) is 7. The minimum atomic E-state index is 0.365. The van der Waals surface area contributed by atoms with Gasteiger partial charge in [0.25, 0.3) is 5.89 Å². The Balaban J connectivity index is 1.75. The average Bonchev–Trinajstić information content (AvgIpc) is 3.08. The van der Waals surface area contributed by atoms with E-state index in [9.17, 15) is 0 Å². The molecule has 7 nitrogen and oxygen atoms in total. The van der Waals surface area contributed by atoms with E-state index in [1.807, 2.05) is 0 Å². The highest BCUT2D eigenvalue weighted by atomic mass is 16.5. The summed E-state index contributed by atoms with van der Waals surface area (Å²) in [5.41, 5.74) is 0.555. The molecule has 0 unspecified atom stereocenters. The van der Waals surface area contributed by atoms with E-state index in [2.05, 4.69) is 20.6 Å². The smallest absolute Gasteiger partial charge is 0.280 e. The van der Waals surface area contributed by atoms with Gasteiger partial charge < -0.3 is 19.1 Å². The minimum Gasteiger partial charge on any atom is -0.377 e. The van der Waals surface area contributed by atoms with Crippen molar-refractivity contribution in [1.29, 1.82) is 0 Å². The van der Waals surface area contributed by atoms with Crippen LogP contribution in [0.3, 0.4) is 0 Å². The third-order valence-corrected chi connectivity index (χ3v) is 3.21. The number of ether oxygens (including phenoxy) is 1. The van der Waals surface area contributed by atoms with Crippen LogP contribution >= 0.6 is 0 Å². The fraction of sp³-hybridized carbons (Fsp3) is 0.583. The topological polar surface area (TPSA) is 86.2 Å². The lowest BCUT2D eigenvalue weighted by Crippen LogP contribution is -2.27. The van der Waals surface area contributed by atoms with Crippen molar-refractivity contribution in [2.24, 2.45) is 0 Å². The quantitative estimate of drug-likeness (QED) is 0.891. The second kappa shape index (κ2) is 5.50. The van der Waals surface area contributed by atoms with Gasteiger partial charge in [-0.2, -0.15) is 4.98 Å². The number of nitrogens with one attached hydrogen (secondary N) is 1. The summed E-state index contributed by atoms with van der Waals surface area (Å²) in [6.07, 6.45) is 2.07. The number of aromatic nitrogens is 3. The number of nitrogens with zero attached hydrogens (tertiary/aromatic N) is 3. The van der Waals surface area contributed by atoms with Crippen LogP contribution in [0.2, 0.25) is 0 Å². The summed E-state index contributed by atoms with van der Waals surface area (Å²) in [5.74, 6) is 2.16. The lowest BCUT2D eigenvalue weighted by molar-refractivity contribution is 0.156. The zero-order valence-corrected chi connectivity index (χ0v) is 10.8. The first-order valence-electron chi connectivity index (χ1n) is 6.36. The van der Waals surface area contributed by atoms with Crippen LogP contribution in [0.5, 0.6) is 0 Å². The Morgan fingerprint density at radius 1 is 1.32 bits per heavy atom. The highest BCUT2D eigenvalue weighted by Gasteiger charge is 2.22. The fourth-order valence-corrected chi connectivity index (χ4v) is 2.21. The van der Waals surface area contributed by atoms with Crippen molar-refractivity contribution in [3.05, 3.63) is 17.7 Å². The predicted octanol–water partition coefficient (Wildman–Crippen LogP) is 1.34. The van der Waals surface area contributed by atoms with Gasteiger partial charge in [0.05, 0.1) is 0 Å². The standard InChI is InChI=1S/C12H16N4O3/c1-17-7-9-6-10(15-18-9)12-14-11(16-19-12)8-2-4-13-5-3-8/h6,8,13H,2-5,7H2,1H3. The Hall–Kier alpha value is -1.73. The molecule has 0 spiro atoms. The molecule has 0 radical (unpaired) electrons. The summed E-state index contributed by atoms with van der Waals surface area (Å²) in [5, 5.41) is 11.3. The molecule has 0 aromatic carbocycles. The van der Waals surface area contributed by atoms with E-state index >= 15 is 0 Å². The zero-order chi connectivity index (χ0) is 13.1. The first-order chi connectivity index (χ1) is 9.36. The maximum absolute atomic E-state index is 5.25. The molecule has 1 saturated heterocycles. The maximum atomic E-state index is 5.25. The van der Waals surface area contributed by atoms with Gasteiger partial charge in [0.2, 0.25) is 0 Å². The molecule has 7 heteroatoms. The molecule has 1 aliphatic heterocycles. The summed E-state index contributed by atoms with van der Waals surface area (Å²) < 4.78 is 15.3. The Labute approximate surface area is 110 Å². The molecular formula is C12H16N4O3. The summed E-state index contributed by atoms with van der Waals surface area (Å²) in [6, 6.07) is 1.75. The third-order valence-electron chi connectivity index (χ3n) is 3.21. The summed E-state index contributed by atoms with van der Waals surface area (Å²) in [7, 11) is 1.60. The van der Waals surface area contributed by atoms with Gasteiger partial charge in [-0.05, 0) is 25.9 Å². The molecule has 1 fully saturated rings. The van der Waals surface area contributed by atoms with E-state index in [4.69, 9.17) is 13.8 Å². The first-order valence-corrected chi connectivity index (χ1v) is 6.36. The van der Waals surface area contributed by atoms with Crippen molar-refractivity contribution in [3.8, 4) is 11.6 Å². The number of methoxy groups -OCH3 is 1. The summed E-state index contributed by atoms with van der Waals surface area (Å²) in [6.45, 7) is 2.37. The summed E-state index contributed by atoms with van der Waals surface area (Å²) in [4.78, 5) is 4.41. The van der Waals surface area contributed by atoms with Crippen molar-refractivity contribution in [3.63, 3.8) is 0 Å². The molecule has 0 aliphatic carbocycles. The van der Waals surface area contributed by atoms with Gasteiger partial charge in [0, 0.05) is 19.1 Å². The molecule has 2 aromatic heterocycles. The van der Waals surface area contributed by atoms with E-state index in [0.29, 0.717) is 29.9 Å². The third kappa shape index (κ3) is 2.66. The Kier molecular flexibility index (Phi) is 3.56. The van der Waals surface area contributed by atoms with Crippen LogP contribution in [0.4, 0.5) is 0 Å². The maximum Gasteiger partial charge on any atom is 0.280 e. The lowest BCUT2D eigenvalue weighted by Gasteiger charge is -2.18. The number of piperidine rings is 1. The Morgan fingerprint density at radius 2 is 2.16 bits per heavy atom. The Morgan fingerprint density at radius 3 is 2.95 bits per heavy atom. The molecule has 1 N–H and O–H groups in total. The average molecular weight is 264 g/mol. The molecule has 0 bridgehead atoms. The van der Waals surface area contributed by atoms with Gasteiger partial charge in [-0.15, -0.1) is 0 Å². The molecule has 0 amide bonds. The van der Waals surface area contributed by atoms with Crippen molar-refractivity contribution < 1.29 is 13.8 Å². The summed E-state index contributed by atoms with van der Waals surface area (Å²) >= 11 is 0. The van der Waals surface area contributed by atoms with Gasteiger partial charge in [-0.25, -0.2) is 0 Å². The van der Waals surface area contributed by atoms with Crippen LogP contribution in [0, 0.1) is 0 Å². The monoisotopic (exact) mass is 264 g/mol. The molecule has 0 saturated carbocycles. The van der Waals surface area contributed by atoms with Crippen LogP contribution in [-0.4, -0.2) is 35.5 Å². The highest BCUT2D eigenvalue weighted by molar-refractivity contribution is 5.45. The van der Waals surface area contributed by atoms with E-state index < -0.39 is 0 Å². The molecule has 0 atom stereocenters. The zero-order valence-electron chi connectivity index (χ0n) is 10.8.